The highest BCUT2D eigenvalue weighted by Crippen LogP contribution is 2.28. The Bertz CT molecular complexity index is 1080. The molecule has 2 heterocycles. The SMILES string of the molecule is O=C(O)NCC(Cn1ncn(Cc2cc3cc(Br)ccc3s2)c1=O)=C(F)F. The Kier molecular flexibility index (Phi) is 5.71. The molecule has 0 bridgehead atoms. The molecule has 0 spiro atoms. The van der Waals surface area contributed by atoms with Gasteiger partial charge in [0, 0.05) is 26.2 Å². The lowest BCUT2D eigenvalue weighted by Crippen LogP contribution is -2.29. The zero-order valence-electron chi connectivity index (χ0n) is 13.7. The summed E-state index contributed by atoms with van der Waals surface area (Å²) in [6, 6.07) is 7.82. The first kappa shape index (κ1) is 19.2. The highest BCUT2D eigenvalue weighted by Gasteiger charge is 2.14. The van der Waals surface area contributed by atoms with Crippen molar-refractivity contribution < 1.29 is 18.7 Å². The fourth-order valence-corrected chi connectivity index (χ4v) is 3.87. The van der Waals surface area contributed by atoms with E-state index in [-0.39, 0.29) is 6.54 Å². The predicted molar refractivity (Wildman–Crippen MR) is 100 cm³/mol. The van der Waals surface area contributed by atoms with Gasteiger partial charge < -0.3 is 10.4 Å². The van der Waals surface area contributed by atoms with Crippen molar-refractivity contribution in [3.05, 3.63) is 62.1 Å². The number of nitrogens with one attached hydrogen (secondary N) is 1. The minimum atomic E-state index is -2.04. The Balaban J connectivity index is 1.78. The second-order valence-electron chi connectivity index (χ2n) is 5.62. The van der Waals surface area contributed by atoms with Crippen LogP contribution in [0.15, 0.2) is 51.5 Å². The molecule has 7 nitrogen and oxygen atoms in total. The molecule has 0 fully saturated rings. The second kappa shape index (κ2) is 8.01. The first-order chi connectivity index (χ1) is 12.8. The van der Waals surface area contributed by atoms with Gasteiger partial charge in [0.1, 0.15) is 6.33 Å². The third kappa shape index (κ3) is 4.61. The summed E-state index contributed by atoms with van der Waals surface area (Å²) < 4.78 is 30.1. The Morgan fingerprint density at radius 1 is 1.33 bits per heavy atom. The molecule has 3 rings (SSSR count). The fraction of sp³-hybridized carbons (Fsp3) is 0.188. The summed E-state index contributed by atoms with van der Waals surface area (Å²) in [5, 5.41) is 15.3. The maximum Gasteiger partial charge on any atom is 0.404 e. The average molecular weight is 459 g/mol. The van der Waals surface area contributed by atoms with Gasteiger partial charge >= 0.3 is 11.8 Å². The van der Waals surface area contributed by atoms with Crippen molar-refractivity contribution in [2.45, 2.75) is 13.1 Å². The molecule has 0 radical (unpaired) electrons. The number of aromatic nitrogens is 3. The summed E-state index contributed by atoms with van der Waals surface area (Å²) in [7, 11) is 0. The minimum Gasteiger partial charge on any atom is -0.465 e. The van der Waals surface area contributed by atoms with E-state index in [1.165, 1.54) is 22.2 Å². The topological polar surface area (TPSA) is 89.2 Å². The van der Waals surface area contributed by atoms with Crippen LogP contribution in [0.1, 0.15) is 4.88 Å². The summed E-state index contributed by atoms with van der Waals surface area (Å²) in [5.41, 5.74) is -1.07. The van der Waals surface area contributed by atoms with E-state index in [1.54, 1.807) is 0 Å². The number of carboxylic acid groups (broad SMARTS) is 1. The Morgan fingerprint density at radius 3 is 2.81 bits per heavy atom. The Labute approximate surface area is 163 Å². The van der Waals surface area contributed by atoms with Gasteiger partial charge in [0.25, 0.3) is 6.08 Å². The van der Waals surface area contributed by atoms with Crippen molar-refractivity contribution in [3.8, 4) is 0 Å². The smallest absolute Gasteiger partial charge is 0.404 e. The number of amides is 1. The molecule has 2 aromatic heterocycles. The quantitative estimate of drug-likeness (QED) is 0.591. The Hall–Kier alpha value is -2.53. The van der Waals surface area contributed by atoms with Crippen molar-refractivity contribution in [2.75, 3.05) is 6.54 Å². The molecule has 0 aliphatic heterocycles. The van der Waals surface area contributed by atoms with Crippen LogP contribution in [0, 0.1) is 0 Å². The third-order valence-corrected chi connectivity index (χ3v) is 5.31. The van der Waals surface area contributed by atoms with Crippen LogP contribution >= 0.6 is 27.3 Å². The number of hydrogen-bond acceptors (Lipinski definition) is 4. The molecule has 0 saturated heterocycles. The molecule has 3 aromatic rings. The molecule has 1 amide bonds. The van der Waals surface area contributed by atoms with E-state index in [4.69, 9.17) is 5.11 Å². The van der Waals surface area contributed by atoms with Crippen molar-refractivity contribution in [1.29, 1.82) is 0 Å². The van der Waals surface area contributed by atoms with Crippen LogP contribution in [0.4, 0.5) is 13.6 Å². The molecule has 0 aliphatic rings. The van der Waals surface area contributed by atoms with Crippen LogP contribution in [-0.4, -0.2) is 32.1 Å². The van der Waals surface area contributed by atoms with E-state index in [0.29, 0.717) is 0 Å². The second-order valence-corrected chi connectivity index (χ2v) is 7.70. The summed E-state index contributed by atoms with van der Waals surface area (Å²) in [5.74, 6) is 0. The monoisotopic (exact) mass is 458 g/mol. The van der Waals surface area contributed by atoms with Crippen molar-refractivity contribution in [3.63, 3.8) is 0 Å². The maximum atomic E-state index is 13.0. The number of thiophene rings is 1. The summed E-state index contributed by atoms with van der Waals surface area (Å²) in [6.07, 6.45) is -2.19. The zero-order valence-corrected chi connectivity index (χ0v) is 16.1. The van der Waals surface area contributed by atoms with Crippen molar-refractivity contribution in [2.24, 2.45) is 0 Å². The molecule has 0 aliphatic carbocycles. The predicted octanol–water partition coefficient (Wildman–Crippen LogP) is 3.49. The summed E-state index contributed by atoms with van der Waals surface area (Å²) in [4.78, 5) is 23.8. The van der Waals surface area contributed by atoms with Crippen LogP contribution in [-0.2, 0) is 13.1 Å². The number of nitrogens with zero attached hydrogens (tertiary/aromatic N) is 3. The van der Waals surface area contributed by atoms with Gasteiger partial charge in [-0.25, -0.2) is 14.3 Å². The molecule has 0 atom stereocenters. The van der Waals surface area contributed by atoms with Gasteiger partial charge in [-0.1, -0.05) is 15.9 Å². The number of rotatable bonds is 6. The molecule has 0 unspecified atom stereocenters. The van der Waals surface area contributed by atoms with E-state index in [2.05, 4.69) is 21.0 Å². The lowest BCUT2D eigenvalue weighted by Gasteiger charge is -2.05. The Morgan fingerprint density at radius 2 is 2.11 bits per heavy atom. The molecular formula is C16H13BrF2N4O3S. The first-order valence-electron chi connectivity index (χ1n) is 7.63. The van der Waals surface area contributed by atoms with E-state index < -0.39 is 36.5 Å². The van der Waals surface area contributed by atoms with Crippen LogP contribution in [0.3, 0.4) is 0 Å². The van der Waals surface area contributed by atoms with Gasteiger partial charge in [0.05, 0.1) is 13.1 Å². The number of carbonyl (C=O) groups is 1. The molecule has 11 heteroatoms. The van der Waals surface area contributed by atoms with Gasteiger partial charge in [-0.15, -0.1) is 11.3 Å². The van der Waals surface area contributed by atoms with Gasteiger partial charge in [-0.05, 0) is 29.7 Å². The van der Waals surface area contributed by atoms with Gasteiger partial charge in [0.15, 0.2) is 0 Å². The zero-order chi connectivity index (χ0) is 19.6. The molecular weight excluding hydrogens is 446 g/mol. The number of hydrogen-bond donors (Lipinski definition) is 2. The molecule has 1 aromatic carbocycles. The standard InChI is InChI=1S/C16H13BrF2N4O3S/c17-11-1-2-13-9(3-11)4-12(27-13)7-22-8-21-23(16(22)26)6-10(14(18)19)5-20-15(24)25/h1-4,8,20H,5-7H2,(H,24,25). The lowest BCUT2D eigenvalue weighted by atomic mass is 10.2. The van der Waals surface area contributed by atoms with Gasteiger partial charge in [-0.3, -0.25) is 4.57 Å². The molecule has 142 valence electrons. The third-order valence-electron chi connectivity index (χ3n) is 3.71. The molecule has 0 saturated carbocycles. The number of benzene rings is 1. The summed E-state index contributed by atoms with van der Waals surface area (Å²) in [6.45, 7) is -0.809. The highest BCUT2D eigenvalue weighted by molar-refractivity contribution is 9.10. The normalized spacial score (nSPS) is 10.9. The van der Waals surface area contributed by atoms with Crippen molar-refractivity contribution in [1.82, 2.24) is 19.7 Å². The van der Waals surface area contributed by atoms with E-state index in [0.717, 1.165) is 24.1 Å². The molecule has 2 N–H and O–H groups in total. The van der Waals surface area contributed by atoms with Gasteiger partial charge in [-0.2, -0.15) is 13.9 Å². The van der Waals surface area contributed by atoms with E-state index >= 15 is 0 Å². The van der Waals surface area contributed by atoms with E-state index in [1.807, 2.05) is 29.6 Å². The minimum absolute atomic E-state index is 0.264. The number of halogens is 3. The van der Waals surface area contributed by atoms with Crippen LogP contribution < -0.4 is 11.0 Å². The van der Waals surface area contributed by atoms with Crippen LogP contribution in [0.2, 0.25) is 0 Å². The fourth-order valence-electron chi connectivity index (χ4n) is 2.45. The number of fused-ring (bicyclic) bond motifs is 1. The van der Waals surface area contributed by atoms with Crippen LogP contribution in [0.5, 0.6) is 0 Å². The average Bonchev–Trinajstić information content (AvgIpc) is 3.15. The molecule has 27 heavy (non-hydrogen) atoms. The highest BCUT2D eigenvalue weighted by atomic mass is 79.9. The van der Waals surface area contributed by atoms with Gasteiger partial charge in [0.2, 0.25) is 0 Å². The maximum absolute atomic E-state index is 13.0. The summed E-state index contributed by atoms with van der Waals surface area (Å²) >= 11 is 4.93. The first-order valence-corrected chi connectivity index (χ1v) is 9.24. The van der Waals surface area contributed by atoms with Crippen LogP contribution in [0.25, 0.3) is 10.1 Å². The largest absolute Gasteiger partial charge is 0.465 e. The lowest BCUT2D eigenvalue weighted by molar-refractivity contribution is 0.195. The van der Waals surface area contributed by atoms with Crippen molar-refractivity contribution >= 4 is 43.4 Å². The van der Waals surface area contributed by atoms with E-state index in [9.17, 15) is 18.4 Å².